The lowest BCUT2D eigenvalue weighted by molar-refractivity contribution is -0.142. The van der Waals surface area contributed by atoms with Crippen LogP contribution in [0.4, 0.5) is 5.82 Å². The average Bonchev–Trinajstić information content (AvgIpc) is 3.23. The van der Waals surface area contributed by atoms with Gasteiger partial charge in [0.15, 0.2) is 0 Å². The molecule has 4 aromatic heterocycles. The third-order valence-electron chi connectivity index (χ3n) is 5.83. The topological polar surface area (TPSA) is 126 Å². The van der Waals surface area contributed by atoms with Crippen molar-refractivity contribution in [3.05, 3.63) is 35.4 Å². The average molecular weight is 440 g/mol. The summed E-state index contributed by atoms with van der Waals surface area (Å²) in [6.07, 6.45) is 2.03. The van der Waals surface area contributed by atoms with Crippen molar-refractivity contribution in [3.8, 4) is 11.3 Å². The number of aliphatic hydroxyl groups excluding tert-OH is 1. The van der Waals surface area contributed by atoms with Crippen molar-refractivity contribution >= 4 is 45.4 Å². The molecule has 10 heteroatoms. The largest absolute Gasteiger partial charge is 0.384 e. The number of fused-ring (bicyclic) bond motifs is 4. The highest BCUT2D eigenvalue weighted by Crippen LogP contribution is 2.45. The van der Waals surface area contributed by atoms with E-state index in [0.29, 0.717) is 39.8 Å². The monoisotopic (exact) mass is 439 g/mol. The summed E-state index contributed by atoms with van der Waals surface area (Å²) in [7, 11) is 0. The van der Waals surface area contributed by atoms with E-state index in [9.17, 15) is 9.90 Å². The predicted octanol–water partition coefficient (Wildman–Crippen LogP) is 2.67. The zero-order chi connectivity index (χ0) is 22.1. The van der Waals surface area contributed by atoms with Crippen molar-refractivity contribution in [1.82, 2.24) is 29.4 Å². The number of pyridine rings is 1. The first-order valence-electron chi connectivity index (χ1n) is 9.94. The van der Waals surface area contributed by atoms with Crippen molar-refractivity contribution < 1.29 is 9.90 Å². The fourth-order valence-corrected chi connectivity index (χ4v) is 4.90. The van der Waals surface area contributed by atoms with Crippen LogP contribution in [0.2, 0.25) is 5.02 Å². The van der Waals surface area contributed by atoms with Gasteiger partial charge in [-0.05, 0) is 32.9 Å². The van der Waals surface area contributed by atoms with Gasteiger partial charge in [-0.3, -0.25) is 4.79 Å². The second-order valence-corrected chi connectivity index (χ2v) is 8.89. The molecule has 4 N–H and O–H groups in total. The molecule has 0 radical (unpaired) electrons. The van der Waals surface area contributed by atoms with Crippen molar-refractivity contribution in [2.24, 2.45) is 0 Å². The van der Waals surface area contributed by atoms with Crippen molar-refractivity contribution in [1.29, 1.82) is 0 Å². The number of nitrogens with two attached hydrogens (primary N) is 1. The molecule has 160 valence electrons. The molecule has 0 unspecified atom stereocenters. The number of aromatic amines is 1. The van der Waals surface area contributed by atoms with Gasteiger partial charge >= 0.3 is 0 Å². The number of amides is 1. The number of carbonyl (C=O) groups excluding carboxylic acids is 1. The molecular formula is C21H22ClN7O2. The van der Waals surface area contributed by atoms with Crippen LogP contribution in [-0.4, -0.2) is 53.1 Å². The highest BCUT2D eigenvalue weighted by Gasteiger charge is 2.40. The molecular weight excluding hydrogens is 418 g/mol. The number of H-pyrrole nitrogens is 1. The van der Waals surface area contributed by atoms with Gasteiger partial charge in [0.1, 0.15) is 29.5 Å². The third kappa shape index (κ3) is 2.80. The zero-order valence-corrected chi connectivity index (χ0v) is 18.1. The van der Waals surface area contributed by atoms with E-state index in [1.54, 1.807) is 11.1 Å². The van der Waals surface area contributed by atoms with E-state index in [1.807, 2.05) is 26.0 Å². The van der Waals surface area contributed by atoms with E-state index >= 15 is 0 Å². The number of nitrogens with one attached hydrogen (secondary N) is 1. The molecule has 5 rings (SSSR count). The zero-order valence-electron chi connectivity index (χ0n) is 17.3. The van der Waals surface area contributed by atoms with E-state index in [2.05, 4.69) is 24.5 Å². The molecule has 4 aromatic rings. The minimum Gasteiger partial charge on any atom is -0.384 e. The molecule has 1 amide bonds. The number of aliphatic hydroxyl groups is 1. The number of hydrogen-bond acceptors (Lipinski definition) is 6. The Morgan fingerprint density at radius 2 is 2.13 bits per heavy atom. The number of hydrogen-bond donors (Lipinski definition) is 3. The number of halogens is 1. The van der Waals surface area contributed by atoms with Gasteiger partial charge in [0.05, 0.1) is 28.2 Å². The lowest BCUT2D eigenvalue weighted by Crippen LogP contribution is -2.51. The molecule has 5 heterocycles. The SMILES string of the molecule is C[C@@H](O)C(=O)N1Cc2c(-c3[nH]c4ncccc4c3Cl)c3c(N)ncnc3n2C(C)(C)C1. The lowest BCUT2D eigenvalue weighted by Gasteiger charge is -2.41. The van der Waals surface area contributed by atoms with Crippen LogP contribution in [0.25, 0.3) is 33.3 Å². The molecule has 0 spiro atoms. The number of nitrogens with zero attached hydrogens (tertiary/aromatic N) is 5. The Bertz CT molecular complexity index is 1360. The Balaban J connectivity index is 1.87. The normalized spacial score (nSPS) is 16.6. The fraction of sp³-hybridized carbons (Fsp3) is 0.333. The number of rotatable bonds is 2. The summed E-state index contributed by atoms with van der Waals surface area (Å²) < 4.78 is 2.09. The summed E-state index contributed by atoms with van der Waals surface area (Å²) in [5, 5.41) is 11.9. The molecule has 0 aliphatic carbocycles. The van der Waals surface area contributed by atoms with Gasteiger partial charge in [0.2, 0.25) is 0 Å². The van der Waals surface area contributed by atoms with Gasteiger partial charge in [-0.15, -0.1) is 0 Å². The van der Waals surface area contributed by atoms with Gasteiger partial charge in [-0.1, -0.05) is 11.6 Å². The van der Waals surface area contributed by atoms with Crippen molar-refractivity contribution in [2.45, 2.75) is 39.0 Å². The minimum atomic E-state index is -1.10. The Hall–Kier alpha value is -3.17. The van der Waals surface area contributed by atoms with Gasteiger partial charge in [-0.25, -0.2) is 15.0 Å². The van der Waals surface area contributed by atoms with Gasteiger partial charge < -0.3 is 25.3 Å². The van der Waals surface area contributed by atoms with E-state index in [1.165, 1.54) is 13.3 Å². The van der Waals surface area contributed by atoms with E-state index in [0.717, 1.165) is 16.6 Å². The maximum Gasteiger partial charge on any atom is 0.251 e. The first-order valence-corrected chi connectivity index (χ1v) is 10.3. The Morgan fingerprint density at radius 1 is 1.35 bits per heavy atom. The summed E-state index contributed by atoms with van der Waals surface area (Å²) in [4.78, 5) is 30.8. The Morgan fingerprint density at radius 3 is 2.84 bits per heavy atom. The molecule has 1 aliphatic rings. The summed E-state index contributed by atoms with van der Waals surface area (Å²) in [6, 6.07) is 3.71. The highest BCUT2D eigenvalue weighted by atomic mass is 35.5. The van der Waals surface area contributed by atoms with E-state index in [-0.39, 0.29) is 12.5 Å². The van der Waals surface area contributed by atoms with Crippen LogP contribution in [-0.2, 0) is 16.9 Å². The summed E-state index contributed by atoms with van der Waals surface area (Å²) >= 11 is 6.78. The standard InChI is InChI=1S/C21H22ClN7O2/c1-10(30)20(31)28-7-12-13(16-15(22)11-5-4-6-24-18(11)27-16)14-17(23)25-9-26-19(14)29(12)21(2,3)8-28/h4-6,9-10,30H,7-8H2,1-3H3,(H,24,27)(H2,23,25,26)/t10-/m1/s1. The highest BCUT2D eigenvalue weighted by molar-refractivity contribution is 6.38. The molecule has 0 fully saturated rings. The predicted molar refractivity (Wildman–Crippen MR) is 118 cm³/mol. The molecule has 9 nitrogen and oxygen atoms in total. The molecule has 0 bridgehead atoms. The van der Waals surface area contributed by atoms with Crippen molar-refractivity contribution in [3.63, 3.8) is 0 Å². The summed E-state index contributed by atoms with van der Waals surface area (Å²) in [5.41, 5.74) is 9.36. The molecule has 1 aliphatic heterocycles. The first-order chi connectivity index (χ1) is 14.7. The van der Waals surface area contributed by atoms with Crippen LogP contribution in [0.3, 0.4) is 0 Å². The molecule has 31 heavy (non-hydrogen) atoms. The smallest absolute Gasteiger partial charge is 0.251 e. The summed E-state index contributed by atoms with van der Waals surface area (Å²) in [5.74, 6) is -0.00668. The van der Waals surface area contributed by atoms with Crippen LogP contribution in [0.15, 0.2) is 24.7 Å². The maximum absolute atomic E-state index is 12.7. The van der Waals surface area contributed by atoms with Gasteiger partial charge in [0.25, 0.3) is 5.91 Å². The second kappa shape index (κ2) is 6.66. The Kier molecular flexibility index (Phi) is 4.25. The van der Waals surface area contributed by atoms with Gasteiger partial charge in [0, 0.05) is 29.4 Å². The first kappa shape index (κ1) is 19.8. The molecule has 1 atom stereocenters. The van der Waals surface area contributed by atoms with Crippen LogP contribution >= 0.6 is 11.6 Å². The number of nitrogen functional groups attached to an aromatic ring is 1. The van der Waals surface area contributed by atoms with Crippen LogP contribution in [0.5, 0.6) is 0 Å². The maximum atomic E-state index is 12.7. The minimum absolute atomic E-state index is 0.275. The van der Waals surface area contributed by atoms with Crippen LogP contribution in [0.1, 0.15) is 26.5 Å². The van der Waals surface area contributed by atoms with Gasteiger partial charge in [-0.2, -0.15) is 0 Å². The van der Waals surface area contributed by atoms with Crippen LogP contribution in [0, 0.1) is 0 Å². The van der Waals surface area contributed by atoms with Crippen molar-refractivity contribution in [2.75, 3.05) is 12.3 Å². The Labute approximate surface area is 182 Å². The van der Waals surface area contributed by atoms with E-state index < -0.39 is 11.6 Å². The number of aromatic nitrogens is 5. The number of anilines is 1. The molecule has 0 saturated heterocycles. The quantitative estimate of drug-likeness (QED) is 0.440. The third-order valence-corrected chi connectivity index (χ3v) is 6.22. The second-order valence-electron chi connectivity index (χ2n) is 8.51. The van der Waals surface area contributed by atoms with E-state index in [4.69, 9.17) is 17.3 Å². The fourth-order valence-electron chi connectivity index (χ4n) is 4.61. The molecule has 0 saturated carbocycles. The molecule has 0 aromatic carbocycles. The summed E-state index contributed by atoms with van der Waals surface area (Å²) in [6.45, 7) is 6.21. The van der Waals surface area contributed by atoms with Crippen LogP contribution < -0.4 is 5.73 Å². The lowest BCUT2D eigenvalue weighted by atomic mass is 9.98. The number of carbonyl (C=O) groups is 1.